The van der Waals surface area contributed by atoms with Gasteiger partial charge in [-0.15, -0.1) is 0 Å². The molecule has 4 bridgehead atoms. The minimum atomic E-state index is 0.0752. The first kappa shape index (κ1) is 6.47. The zero-order valence-electron chi connectivity index (χ0n) is 6.87. The summed E-state index contributed by atoms with van der Waals surface area (Å²) in [6.45, 7) is 0. The molecule has 62 valence electrons. The molecule has 0 aromatic heterocycles. The summed E-state index contributed by atoms with van der Waals surface area (Å²) in [5, 5.41) is 9.78. The maximum atomic E-state index is 9.78. The summed E-state index contributed by atoms with van der Waals surface area (Å²) in [7, 11) is 0. The highest BCUT2D eigenvalue weighted by Gasteiger charge is 2.51. The van der Waals surface area contributed by atoms with E-state index in [1.54, 1.807) is 0 Å². The molecule has 3 saturated carbocycles. The first-order chi connectivity index (χ1) is 5.36. The Morgan fingerprint density at radius 3 is 2.45 bits per heavy atom. The minimum absolute atomic E-state index is 0.0752. The van der Waals surface area contributed by atoms with Gasteiger partial charge in [-0.25, -0.2) is 0 Å². The van der Waals surface area contributed by atoms with Gasteiger partial charge in [-0.2, -0.15) is 0 Å². The molecule has 0 radical (unpaired) electrons. The zero-order valence-corrected chi connectivity index (χ0v) is 6.87. The molecule has 3 aliphatic rings. The average Bonchev–Trinajstić information content (AvgIpc) is 2.44. The molecule has 0 saturated heterocycles. The Balaban J connectivity index is 1.96. The highest BCUT2D eigenvalue weighted by molar-refractivity contribution is 5.01. The molecule has 1 heteroatoms. The van der Waals surface area contributed by atoms with Crippen LogP contribution >= 0.6 is 0 Å². The molecule has 1 N–H and O–H groups in total. The van der Waals surface area contributed by atoms with Crippen molar-refractivity contribution in [2.24, 2.45) is 23.7 Å². The van der Waals surface area contributed by atoms with Crippen molar-refractivity contribution in [3.63, 3.8) is 0 Å². The van der Waals surface area contributed by atoms with Crippen LogP contribution in [0.1, 0.15) is 32.1 Å². The topological polar surface area (TPSA) is 20.2 Å². The lowest BCUT2D eigenvalue weighted by molar-refractivity contribution is 0.0358. The van der Waals surface area contributed by atoms with Crippen molar-refractivity contribution in [3.8, 4) is 0 Å². The van der Waals surface area contributed by atoms with E-state index in [0.717, 1.165) is 24.2 Å². The van der Waals surface area contributed by atoms with Crippen LogP contribution in [0.15, 0.2) is 0 Å². The number of hydrogen-bond donors (Lipinski definition) is 1. The van der Waals surface area contributed by atoms with Crippen LogP contribution in [0.4, 0.5) is 0 Å². The molecule has 5 atom stereocenters. The lowest BCUT2D eigenvalue weighted by Gasteiger charge is -2.31. The second kappa shape index (κ2) is 2.01. The van der Waals surface area contributed by atoms with Crippen LogP contribution in [0.2, 0.25) is 0 Å². The maximum absolute atomic E-state index is 9.78. The first-order valence-corrected chi connectivity index (χ1v) is 5.04. The molecule has 0 aromatic carbocycles. The van der Waals surface area contributed by atoms with Gasteiger partial charge in [0.15, 0.2) is 0 Å². The van der Waals surface area contributed by atoms with Gasteiger partial charge in [0.25, 0.3) is 0 Å². The van der Waals surface area contributed by atoms with Crippen LogP contribution in [0, 0.1) is 23.7 Å². The van der Waals surface area contributed by atoms with Gasteiger partial charge in [0.1, 0.15) is 0 Å². The van der Waals surface area contributed by atoms with Gasteiger partial charge in [-0.1, -0.05) is 0 Å². The van der Waals surface area contributed by atoms with Crippen LogP contribution < -0.4 is 0 Å². The predicted octanol–water partition coefficient (Wildman–Crippen LogP) is 1.80. The molecule has 1 nitrogen and oxygen atoms in total. The molecule has 0 heterocycles. The van der Waals surface area contributed by atoms with E-state index >= 15 is 0 Å². The monoisotopic (exact) mass is 152 g/mol. The maximum Gasteiger partial charge on any atom is 0.0573 e. The smallest absolute Gasteiger partial charge is 0.0573 e. The Bertz CT molecular complexity index is 176. The Labute approximate surface area is 67.8 Å². The highest BCUT2D eigenvalue weighted by atomic mass is 16.3. The van der Waals surface area contributed by atoms with E-state index in [1.807, 2.05) is 0 Å². The molecule has 0 aromatic rings. The van der Waals surface area contributed by atoms with Crippen LogP contribution in [0.3, 0.4) is 0 Å². The quantitative estimate of drug-likeness (QED) is 0.561. The third-order valence-electron chi connectivity index (χ3n) is 4.45. The number of hydrogen-bond acceptors (Lipinski definition) is 1. The van der Waals surface area contributed by atoms with Crippen molar-refractivity contribution in [1.29, 1.82) is 0 Å². The lowest BCUT2D eigenvalue weighted by Crippen LogP contribution is -2.31. The fourth-order valence-electron chi connectivity index (χ4n) is 4.02. The Morgan fingerprint density at radius 2 is 1.55 bits per heavy atom. The number of aliphatic hydroxyl groups excluding tert-OH is 1. The summed E-state index contributed by atoms with van der Waals surface area (Å²) < 4.78 is 0. The molecular formula is C10H16O. The van der Waals surface area contributed by atoms with Crippen LogP contribution in [0.25, 0.3) is 0 Å². The van der Waals surface area contributed by atoms with E-state index in [9.17, 15) is 5.11 Å². The minimum Gasteiger partial charge on any atom is -0.393 e. The summed E-state index contributed by atoms with van der Waals surface area (Å²) >= 11 is 0. The molecule has 0 aliphatic heterocycles. The summed E-state index contributed by atoms with van der Waals surface area (Å²) in [6, 6.07) is 0. The van der Waals surface area contributed by atoms with Crippen molar-refractivity contribution in [2.45, 2.75) is 38.2 Å². The van der Waals surface area contributed by atoms with Gasteiger partial charge < -0.3 is 5.11 Å². The van der Waals surface area contributed by atoms with Crippen molar-refractivity contribution in [1.82, 2.24) is 0 Å². The third kappa shape index (κ3) is 0.703. The fourth-order valence-corrected chi connectivity index (χ4v) is 4.02. The standard InChI is InChI=1S/C10H16O/c11-10-5-6-1-2-8-7(6)3-4-9(8)10/h6-11H,1-5H2/t6-,7+,8-,9+,10+/m0/s1. The molecule has 0 spiro atoms. The molecule has 11 heavy (non-hydrogen) atoms. The van der Waals surface area contributed by atoms with Gasteiger partial charge in [-0.05, 0) is 55.8 Å². The van der Waals surface area contributed by atoms with Gasteiger partial charge in [0.2, 0.25) is 0 Å². The molecule has 3 rings (SSSR count). The molecule has 3 fully saturated rings. The van der Waals surface area contributed by atoms with Gasteiger partial charge in [0.05, 0.1) is 6.10 Å². The van der Waals surface area contributed by atoms with Gasteiger partial charge in [0, 0.05) is 0 Å². The van der Waals surface area contributed by atoms with Crippen molar-refractivity contribution < 1.29 is 5.11 Å². The van der Waals surface area contributed by atoms with Crippen LogP contribution in [-0.4, -0.2) is 11.2 Å². The molecule has 0 unspecified atom stereocenters. The Morgan fingerprint density at radius 1 is 0.818 bits per heavy atom. The van der Waals surface area contributed by atoms with Crippen molar-refractivity contribution in [2.75, 3.05) is 0 Å². The third-order valence-corrected chi connectivity index (χ3v) is 4.45. The summed E-state index contributed by atoms with van der Waals surface area (Å²) in [5.41, 5.74) is 0. The SMILES string of the molecule is O[C@@H]1C[C@@H]2CC[C@H]3[C@@H]2CC[C@H]31. The Hall–Kier alpha value is -0.0400. The van der Waals surface area contributed by atoms with Crippen LogP contribution in [0.5, 0.6) is 0 Å². The van der Waals surface area contributed by atoms with E-state index in [4.69, 9.17) is 0 Å². The normalized spacial score (nSPS) is 60.3. The van der Waals surface area contributed by atoms with Crippen molar-refractivity contribution in [3.05, 3.63) is 0 Å². The second-order valence-corrected chi connectivity index (χ2v) is 4.71. The molecule has 3 aliphatic carbocycles. The van der Waals surface area contributed by atoms with E-state index in [1.165, 1.54) is 25.7 Å². The Kier molecular flexibility index (Phi) is 1.18. The lowest BCUT2D eigenvalue weighted by atomic mass is 9.77. The predicted molar refractivity (Wildman–Crippen MR) is 43.1 cm³/mol. The van der Waals surface area contributed by atoms with E-state index < -0.39 is 0 Å². The van der Waals surface area contributed by atoms with E-state index in [2.05, 4.69) is 0 Å². The summed E-state index contributed by atoms with van der Waals surface area (Å²) in [6.07, 6.45) is 6.81. The zero-order chi connectivity index (χ0) is 7.42. The number of aliphatic hydroxyl groups is 1. The van der Waals surface area contributed by atoms with E-state index in [0.29, 0.717) is 5.92 Å². The van der Waals surface area contributed by atoms with Crippen LogP contribution in [-0.2, 0) is 0 Å². The van der Waals surface area contributed by atoms with Crippen molar-refractivity contribution >= 4 is 0 Å². The first-order valence-electron chi connectivity index (χ1n) is 5.04. The summed E-state index contributed by atoms with van der Waals surface area (Å²) in [5.74, 6) is 3.58. The highest BCUT2D eigenvalue weighted by Crippen LogP contribution is 2.57. The molecule has 0 amide bonds. The van der Waals surface area contributed by atoms with Gasteiger partial charge in [-0.3, -0.25) is 0 Å². The molecular weight excluding hydrogens is 136 g/mol. The fraction of sp³-hybridized carbons (Fsp3) is 1.00. The summed E-state index contributed by atoms with van der Waals surface area (Å²) in [4.78, 5) is 0. The second-order valence-electron chi connectivity index (χ2n) is 4.71. The van der Waals surface area contributed by atoms with E-state index in [-0.39, 0.29) is 6.10 Å². The number of rotatable bonds is 0. The average molecular weight is 152 g/mol. The van der Waals surface area contributed by atoms with Gasteiger partial charge >= 0.3 is 0 Å². The largest absolute Gasteiger partial charge is 0.393 e.